The molecule has 0 saturated heterocycles. The van der Waals surface area contributed by atoms with Crippen molar-refractivity contribution in [3.8, 4) is 0 Å². The van der Waals surface area contributed by atoms with Crippen LogP contribution >= 0.6 is 0 Å². The molecule has 3 aromatic rings. The second kappa shape index (κ2) is 4.78. The molecule has 21 heavy (non-hydrogen) atoms. The van der Waals surface area contributed by atoms with Crippen molar-refractivity contribution in [1.29, 1.82) is 0 Å². The molecule has 106 valence electrons. The van der Waals surface area contributed by atoms with Crippen LogP contribution in [0, 0.1) is 0 Å². The number of H-pyrrole nitrogens is 1. The number of nitrogens with one attached hydrogen (secondary N) is 1. The van der Waals surface area contributed by atoms with Crippen LogP contribution in [0.15, 0.2) is 50.4 Å². The van der Waals surface area contributed by atoms with E-state index in [2.05, 4.69) is 5.10 Å². The summed E-state index contributed by atoms with van der Waals surface area (Å²) >= 11 is 0. The molecule has 0 saturated carbocycles. The molecule has 7 nitrogen and oxygen atoms in total. The fourth-order valence-corrected chi connectivity index (χ4v) is 2.09. The molecule has 2 aromatic heterocycles. The monoisotopic (exact) mass is 286 g/mol. The number of nitrogens with zero attached hydrogens (tertiary/aromatic N) is 1. The molecular weight excluding hydrogens is 276 g/mol. The summed E-state index contributed by atoms with van der Waals surface area (Å²) in [6.07, 6.45) is 0. The highest BCUT2D eigenvalue weighted by Crippen LogP contribution is 2.09. The first-order valence-electron chi connectivity index (χ1n) is 6.10. The van der Waals surface area contributed by atoms with Crippen molar-refractivity contribution in [2.45, 2.75) is 6.54 Å². The Labute approximate surface area is 117 Å². The Morgan fingerprint density at radius 3 is 2.52 bits per heavy atom. The fourth-order valence-electron chi connectivity index (χ4n) is 2.09. The highest BCUT2D eigenvalue weighted by atomic mass is 16.4. The van der Waals surface area contributed by atoms with Crippen LogP contribution in [0.5, 0.6) is 0 Å². The largest absolute Gasteiger partial charge is 0.475 e. The fraction of sp³-hybridized carbons (Fsp3) is 0.0714. The molecule has 2 N–H and O–H groups in total. The number of aromatic carboxylic acids is 1. The molecule has 2 heterocycles. The molecule has 0 bridgehead atoms. The summed E-state index contributed by atoms with van der Waals surface area (Å²) < 4.78 is 6.17. The van der Waals surface area contributed by atoms with Gasteiger partial charge in [-0.1, -0.05) is 12.1 Å². The molecule has 0 spiro atoms. The maximum atomic E-state index is 12.3. The average molecular weight is 286 g/mol. The number of carbonyl (C=O) groups is 1. The van der Waals surface area contributed by atoms with Crippen molar-refractivity contribution in [2.24, 2.45) is 0 Å². The second-order valence-corrected chi connectivity index (χ2v) is 4.45. The third-order valence-electron chi connectivity index (χ3n) is 3.07. The molecular formula is C14H10N2O5. The van der Waals surface area contributed by atoms with E-state index in [1.54, 1.807) is 24.3 Å². The summed E-state index contributed by atoms with van der Waals surface area (Å²) in [5.41, 5.74) is -0.770. The van der Waals surface area contributed by atoms with E-state index in [0.29, 0.717) is 10.8 Å². The van der Waals surface area contributed by atoms with Gasteiger partial charge in [-0.15, -0.1) is 0 Å². The molecule has 0 aliphatic carbocycles. The third-order valence-corrected chi connectivity index (χ3v) is 3.07. The number of rotatable bonds is 3. The summed E-state index contributed by atoms with van der Waals surface area (Å²) in [6, 6.07) is 9.21. The number of carboxylic acid groups (broad SMARTS) is 1. The number of carboxylic acids is 1. The van der Waals surface area contributed by atoms with Crippen molar-refractivity contribution in [1.82, 2.24) is 9.78 Å². The number of furan rings is 1. The van der Waals surface area contributed by atoms with Crippen LogP contribution in [0.25, 0.3) is 10.8 Å². The number of fused-ring (bicyclic) bond motifs is 1. The molecule has 0 aliphatic heterocycles. The minimum Gasteiger partial charge on any atom is -0.475 e. The van der Waals surface area contributed by atoms with Crippen molar-refractivity contribution in [3.63, 3.8) is 0 Å². The van der Waals surface area contributed by atoms with E-state index in [-0.39, 0.29) is 23.6 Å². The first kappa shape index (κ1) is 12.9. The highest BCUT2D eigenvalue weighted by Gasteiger charge is 2.11. The van der Waals surface area contributed by atoms with Gasteiger partial charge in [-0.3, -0.25) is 14.7 Å². The summed E-state index contributed by atoms with van der Waals surface area (Å²) in [4.78, 5) is 34.9. The molecule has 0 fully saturated rings. The maximum absolute atomic E-state index is 12.3. The normalized spacial score (nSPS) is 10.9. The van der Waals surface area contributed by atoms with Crippen molar-refractivity contribution in [2.75, 3.05) is 0 Å². The Kier molecular flexibility index (Phi) is 2.94. The van der Waals surface area contributed by atoms with Crippen molar-refractivity contribution in [3.05, 3.63) is 68.6 Å². The van der Waals surface area contributed by atoms with Crippen LogP contribution in [0.3, 0.4) is 0 Å². The van der Waals surface area contributed by atoms with Gasteiger partial charge in [0, 0.05) is 0 Å². The van der Waals surface area contributed by atoms with Gasteiger partial charge in [-0.25, -0.2) is 9.48 Å². The SMILES string of the molecule is O=C(O)c1ccc(Cn2[nH]c(=O)c3ccccc3c2=O)o1. The third kappa shape index (κ3) is 2.25. The molecule has 0 unspecified atom stereocenters. The molecule has 7 heteroatoms. The van der Waals surface area contributed by atoms with Gasteiger partial charge in [-0.05, 0) is 24.3 Å². The quantitative estimate of drug-likeness (QED) is 0.748. The number of benzene rings is 1. The predicted octanol–water partition coefficient (Wildman–Crippen LogP) is 1.03. The highest BCUT2D eigenvalue weighted by molar-refractivity contribution is 5.84. The van der Waals surface area contributed by atoms with E-state index in [1.807, 2.05) is 0 Å². The van der Waals surface area contributed by atoms with Crippen molar-refractivity contribution >= 4 is 16.7 Å². The van der Waals surface area contributed by atoms with E-state index in [4.69, 9.17) is 9.52 Å². The van der Waals surface area contributed by atoms with Crippen LogP contribution in [0.2, 0.25) is 0 Å². The number of aromatic nitrogens is 2. The minimum atomic E-state index is -1.19. The average Bonchev–Trinajstić information content (AvgIpc) is 2.93. The molecule has 0 radical (unpaired) electrons. The summed E-state index contributed by atoms with van der Waals surface area (Å²) in [5, 5.41) is 11.8. The first-order chi connectivity index (χ1) is 10.1. The van der Waals surface area contributed by atoms with Gasteiger partial charge in [0.15, 0.2) is 0 Å². The van der Waals surface area contributed by atoms with Crippen LogP contribution in [-0.4, -0.2) is 20.9 Å². The minimum absolute atomic E-state index is 0.0494. The van der Waals surface area contributed by atoms with Gasteiger partial charge in [-0.2, -0.15) is 0 Å². The zero-order valence-corrected chi connectivity index (χ0v) is 10.7. The first-order valence-corrected chi connectivity index (χ1v) is 6.10. The summed E-state index contributed by atoms with van der Waals surface area (Å²) in [7, 11) is 0. The van der Waals surface area contributed by atoms with E-state index in [0.717, 1.165) is 4.68 Å². The van der Waals surface area contributed by atoms with Gasteiger partial charge in [0.2, 0.25) is 5.76 Å². The standard InChI is InChI=1S/C14H10N2O5/c17-12-9-3-1-2-4-10(9)13(18)16(15-12)7-8-5-6-11(21-8)14(19)20/h1-6H,7H2,(H,15,17)(H,19,20). The Morgan fingerprint density at radius 2 is 1.86 bits per heavy atom. The van der Waals surface area contributed by atoms with Crippen LogP contribution in [-0.2, 0) is 6.54 Å². The lowest BCUT2D eigenvalue weighted by Gasteiger charge is -2.05. The second-order valence-electron chi connectivity index (χ2n) is 4.45. The number of aromatic amines is 1. The molecule has 3 rings (SSSR count). The summed E-state index contributed by atoms with van der Waals surface area (Å²) in [6.45, 7) is -0.0494. The van der Waals surface area contributed by atoms with E-state index in [1.165, 1.54) is 12.1 Å². The van der Waals surface area contributed by atoms with E-state index < -0.39 is 11.5 Å². The van der Waals surface area contributed by atoms with E-state index in [9.17, 15) is 14.4 Å². The summed E-state index contributed by atoms with van der Waals surface area (Å²) in [5.74, 6) is -1.15. The molecule has 0 amide bonds. The van der Waals surface area contributed by atoms with Crippen molar-refractivity contribution < 1.29 is 14.3 Å². The van der Waals surface area contributed by atoms with Gasteiger partial charge in [0.25, 0.3) is 11.1 Å². The maximum Gasteiger partial charge on any atom is 0.371 e. The zero-order valence-electron chi connectivity index (χ0n) is 10.7. The van der Waals surface area contributed by atoms with Gasteiger partial charge in [0.1, 0.15) is 12.3 Å². The number of hydrogen-bond acceptors (Lipinski definition) is 4. The lowest BCUT2D eigenvalue weighted by Crippen LogP contribution is -2.30. The molecule has 0 atom stereocenters. The smallest absolute Gasteiger partial charge is 0.371 e. The molecule has 1 aromatic carbocycles. The Balaban J connectivity index is 2.08. The Bertz CT molecular complexity index is 948. The molecule has 0 aliphatic rings. The van der Waals surface area contributed by atoms with Crippen LogP contribution < -0.4 is 11.1 Å². The topological polar surface area (TPSA) is 105 Å². The Morgan fingerprint density at radius 1 is 1.14 bits per heavy atom. The number of hydrogen-bond donors (Lipinski definition) is 2. The van der Waals surface area contributed by atoms with Crippen LogP contribution in [0.1, 0.15) is 16.3 Å². The predicted molar refractivity (Wildman–Crippen MR) is 73.6 cm³/mol. The lowest BCUT2D eigenvalue weighted by atomic mass is 10.2. The lowest BCUT2D eigenvalue weighted by molar-refractivity contribution is 0.0660. The van der Waals surface area contributed by atoms with Gasteiger partial charge >= 0.3 is 5.97 Å². The van der Waals surface area contributed by atoms with Gasteiger partial charge in [0.05, 0.1) is 10.8 Å². The van der Waals surface area contributed by atoms with E-state index >= 15 is 0 Å². The zero-order chi connectivity index (χ0) is 15.0. The van der Waals surface area contributed by atoms with Gasteiger partial charge < -0.3 is 9.52 Å². The Hall–Kier alpha value is -3.09. The van der Waals surface area contributed by atoms with Crippen LogP contribution in [0.4, 0.5) is 0 Å².